The van der Waals surface area contributed by atoms with E-state index in [1.165, 1.54) is 6.92 Å². The molecule has 1 saturated heterocycles. The summed E-state index contributed by atoms with van der Waals surface area (Å²) in [7, 11) is 0. The van der Waals surface area contributed by atoms with Crippen molar-refractivity contribution in [1.82, 2.24) is 14.9 Å². The van der Waals surface area contributed by atoms with Gasteiger partial charge < -0.3 is 15.0 Å². The van der Waals surface area contributed by atoms with E-state index in [0.29, 0.717) is 0 Å². The average molecular weight is 283 g/mol. The minimum atomic E-state index is -1.17. The summed E-state index contributed by atoms with van der Waals surface area (Å²) in [5.41, 5.74) is -0.422. The Bertz CT molecular complexity index is 580. The van der Waals surface area contributed by atoms with Crippen molar-refractivity contribution in [3.8, 4) is 0 Å². The molecule has 1 aliphatic rings. The number of carboxylic acids is 1. The monoisotopic (exact) mass is 283 g/mol. The maximum Gasteiger partial charge on any atom is 0.346 e. The molecule has 2 rings (SSSR count). The van der Waals surface area contributed by atoms with Crippen LogP contribution in [0, 0.1) is 6.92 Å². The first kappa shape index (κ1) is 13.6. The number of aromatic nitrogens is 2. The smallest absolute Gasteiger partial charge is 0.346 e. The van der Waals surface area contributed by atoms with Crippen LogP contribution in [0.2, 0.25) is 0 Å². The quantitative estimate of drug-likeness (QED) is 0.600. The van der Waals surface area contributed by atoms with Crippen molar-refractivity contribution in [2.24, 2.45) is 0 Å². The highest BCUT2D eigenvalue weighted by atomic mass is 32.2. The average Bonchev–Trinajstić information content (AvgIpc) is 2.22. The molecule has 1 amide bonds. The number of thioether (sulfide) groups is 1. The van der Waals surface area contributed by atoms with E-state index in [1.807, 2.05) is 0 Å². The molecule has 1 aromatic heterocycles. The molecule has 2 N–H and O–H groups in total. The third-order valence-electron chi connectivity index (χ3n) is 2.84. The van der Waals surface area contributed by atoms with Crippen LogP contribution in [0.15, 0.2) is 9.82 Å². The van der Waals surface area contributed by atoms with Crippen molar-refractivity contribution >= 4 is 23.6 Å². The normalized spacial score (nSPS) is 14.1. The van der Waals surface area contributed by atoms with Gasteiger partial charge in [0.1, 0.15) is 10.6 Å². The minimum absolute atomic E-state index is 0.0546. The van der Waals surface area contributed by atoms with Crippen LogP contribution in [0.3, 0.4) is 0 Å². The predicted octanol–water partition coefficient (Wildman–Crippen LogP) is 0.101. The molecule has 1 aromatic rings. The highest BCUT2D eigenvalue weighted by Gasteiger charge is 2.22. The Balaban J connectivity index is 2.16. The van der Waals surface area contributed by atoms with E-state index in [9.17, 15) is 14.4 Å². The molecular formula is C11H13N3O4S. The maximum atomic E-state index is 11.7. The first-order valence-corrected chi connectivity index (χ1v) is 6.72. The molecule has 0 bridgehead atoms. The van der Waals surface area contributed by atoms with Crippen molar-refractivity contribution < 1.29 is 14.7 Å². The van der Waals surface area contributed by atoms with Gasteiger partial charge >= 0.3 is 11.7 Å². The van der Waals surface area contributed by atoms with Gasteiger partial charge in [-0.3, -0.25) is 4.79 Å². The fourth-order valence-electron chi connectivity index (χ4n) is 1.70. The summed E-state index contributed by atoms with van der Waals surface area (Å²) < 4.78 is 0. The van der Waals surface area contributed by atoms with Gasteiger partial charge in [0, 0.05) is 18.8 Å². The molecule has 0 saturated carbocycles. The number of rotatable bonds is 4. The van der Waals surface area contributed by atoms with E-state index in [1.54, 1.807) is 4.90 Å². The van der Waals surface area contributed by atoms with E-state index in [0.717, 1.165) is 31.3 Å². The Kier molecular flexibility index (Phi) is 3.89. The number of carboxylic acid groups (broad SMARTS) is 1. The lowest BCUT2D eigenvalue weighted by Gasteiger charge is -2.30. The molecule has 7 nitrogen and oxygen atoms in total. The maximum absolute atomic E-state index is 11.7. The van der Waals surface area contributed by atoms with Gasteiger partial charge in [-0.2, -0.15) is 4.98 Å². The zero-order valence-corrected chi connectivity index (χ0v) is 11.1. The van der Waals surface area contributed by atoms with E-state index in [-0.39, 0.29) is 27.9 Å². The second kappa shape index (κ2) is 5.43. The van der Waals surface area contributed by atoms with Crippen molar-refractivity contribution in [3.05, 3.63) is 21.7 Å². The van der Waals surface area contributed by atoms with E-state index in [4.69, 9.17) is 5.11 Å². The third-order valence-corrected chi connectivity index (χ3v) is 3.80. The SMILES string of the molecule is Cc1[nH]c(=O)nc(SCC(=O)N2CCC2)c1C(=O)O. The Labute approximate surface area is 113 Å². The standard InChI is InChI=1S/C11H13N3O4S/c1-6-8(10(16)17)9(13-11(18)12-6)19-5-7(15)14-3-2-4-14/h2-5H2,1H3,(H,16,17)(H,12,13,18). The summed E-state index contributed by atoms with van der Waals surface area (Å²) in [4.78, 5) is 41.7. The van der Waals surface area contributed by atoms with Crippen LogP contribution < -0.4 is 5.69 Å². The summed E-state index contributed by atoms with van der Waals surface area (Å²) in [5, 5.41) is 9.18. The lowest BCUT2D eigenvalue weighted by Crippen LogP contribution is -2.43. The number of amides is 1. The molecule has 0 spiro atoms. The van der Waals surface area contributed by atoms with Crippen molar-refractivity contribution in [2.45, 2.75) is 18.4 Å². The number of aromatic carboxylic acids is 1. The lowest BCUT2D eigenvalue weighted by atomic mass is 10.2. The molecule has 0 radical (unpaired) electrons. The fraction of sp³-hybridized carbons (Fsp3) is 0.455. The molecule has 1 fully saturated rings. The second-order valence-electron chi connectivity index (χ2n) is 4.18. The van der Waals surface area contributed by atoms with Gasteiger partial charge in [0.15, 0.2) is 0 Å². The number of aromatic amines is 1. The number of carbonyl (C=O) groups is 2. The molecular weight excluding hydrogens is 270 g/mol. The zero-order valence-electron chi connectivity index (χ0n) is 10.3. The third kappa shape index (κ3) is 2.95. The van der Waals surface area contributed by atoms with Gasteiger partial charge in [0.25, 0.3) is 0 Å². The first-order valence-electron chi connectivity index (χ1n) is 5.74. The summed E-state index contributed by atoms with van der Waals surface area (Å²) >= 11 is 0.986. The van der Waals surface area contributed by atoms with Gasteiger partial charge in [-0.1, -0.05) is 11.8 Å². The van der Waals surface area contributed by atoms with Gasteiger partial charge in [-0.05, 0) is 13.3 Å². The molecule has 0 aromatic carbocycles. The first-order chi connectivity index (χ1) is 8.99. The van der Waals surface area contributed by atoms with Gasteiger partial charge in [-0.15, -0.1) is 0 Å². The number of nitrogens with one attached hydrogen (secondary N) is 1. The highest BCUT2D eigenvalue weighted by molar-refractivity contribution is 8.00. The van der Waals surface area contributed by atoms with Gasteiger partial charge in [0.2, 0.25) is 5.91 Å². The number of likely N-dealkylation sites (tertiary alicyclic amines) is 1. The van der Waals surface area contributed by atoms with Gasteiger partial charge in [0.05, 0.1) is 5.75 Å². The summed E-state index contributed by atoms with van der Waals surface area (Å²) in [6.07, 6.45) is 0.999. The Morgan fingerprint density at radius 1 is 1.47 bits per heavy atom. The summed E-state index contributed by atoms with van der Waals surface area (Å²) in [5.74, 6) is -1.14. The van der Waals surface area contributed by atoms with Crippen LogP contribution in [0.1, 0.15) is 22.5 Å². The van der Waals surface area contributed by atoms with Crippen LogP contribution in [-0.2, 0) is 4.79 Å². The topological polar surface area (TPSA) is 103 Å². The molecule has 102 valence electrons. The molecule has 0 atom stereocenters. The number of H-pyrrole nitrogens is 1. The van der Waals surface area contributed by atoms with E-state index in [2.05, 4.69) is 9.97 Å². The van der Waals surface area contributed by atoms with Crippen LogP contribution in [0.5, 0.6) is 0 Å². The number of aryl methyl sites for hydroxylation is 1. The molecule has 1 aliphatic heterocycles. The lowest BCUT2D eigenvalue weighted by molar-refractivity contribution is -0.131. The number of nitrogens with zero attached hydrogens (tertiary/aromatic N) is 2. The Morgan fingerprint density at radius 3 is 2.68 bits per heavy atom. The van der Waals surface area contributed by atoms with Crippen molar-refractivity contribution in [2.75, 3.05) is 18.8 Å². The second-order valence-corrected chi connectivity index (χ2v) is 5.14. The van der Waals surface area contributed by atoms with Gasteiger partial charge in [-0.25, -0.2) is 9.59 Å². The van der Waals surface area contributed by atoms with E-state index >= 15 is 0 Å². The molecule has 0 unspecified atom stereocenters. The van der Waals surface area contributed by atoms with Crippen LogP contribution >= 0.6 is 11.8 Å². The summed E-state index contributed by atoms with van der Waals surface area (Å²) in [6, 6.07) is 0. The number of hydrogen-bond donors (Lipinski definition) is 2. The number of carbonyl (C=O) groups excluding carboxylic acids is 1. The predicted molar refractivity (Wildman–Crippen MR) is 68.5 cm³/mol. The van der Waals surface area contributed by atoms with Crippen LogP contribution in [-0.4, -0.2) is 50.7 Å². The van der Waals surface area contributed by atoms with Crippen LogP contribution in [0.4, 0.5) is 0 Å². The largest absolute Gasteiger partial charge is 0.478 e. The van der Waals surface area contributed by atoms with E-state index < -0.39 is 11.7 Å². The molecule has 19 heavy (non-hydrogen) atoms. The highest BCUT2D eigenvalue weighted by Crippen LogP contribution is 2.22. The van der Waals surface area contributed by atoms with Crippen molar-refractivity contribution in [1.29, 1.82) is 0 Å². The Morgan fingerprint density at radius 2 is 2.16 bits per heavy atom. The zero-order chi connectivity index (χ0) is 14.0. The fourth-order valence-corrected chi connectivity index (χ4v) is 2.68. The van der Waals surface area contributed by atoms with Crippen molar-refractivity contribution in [3.63, 3.8) is 0 Å². The van der Waals surface area contributed by atoms with Crippen LogP contribution in [0.25, 0.3) is 0 Å². The molecule has 2 heterocycles. The minimum Gasteiger partial charge on any atom is -0.478 e. The number of hydrogen-bond acceptors (Lipinski definition) is 5. The summed E-state index contributed by atoms with van der Waals surface area (Å²) in [6.45, 7) is 2.98. The molecule has 8 heteroatoms. The molecule has 0 aliphatic carbocycles. The Hall–Kier alpha value is -1.83.